The van der Waals surface area contributed by atoms with Gasteiger partial charge in [-0.05, 0) is 31.2 Å². The van der Waals surface area contributed by atoms with Gasteiger partial charge in [0.1, 0.15) is 11.6 Å². The van der Waals surface area contributed by atoms with Crippen molar-refractivity contribution in [2.24, 2.45) is 5.92 Å². The second-order valence-corrected chi connectivity index (χ2v) is 5.99. The molecule has 0 bridgehead atoms. The Hall–Kier alpha value is -2.02. The van der Waals surface area contributed by atoms with Gasteiger partial charge in [0.25, 0.3) is 0 Å². The number of anilines is 1. The lowest BCUT2D eigenvalue weighted by Crippen LogP contribution is -2.17. The van der Waals surface area contributed by atoms with Crippen LogP contribution in [0.5, 0.6) is 0 Å². The molecule has 1 aliphatic carbocycles. The molecule has 0 radical (unpaired) electrons. The third kappa shape index (κ3) is 3.85. The van der Waals surface area contributed by atoms with Gasteiger partial charge < -0.3 is 14.8 Å². The van der Waals surface area contributed by atoms with Crippen molar-refractivity contribution in [3.05, 3.63) is 35.4 Å². The highest BCUT2D eigenvalue weighted by atomic mass is 19.1. The van der Waals surface area contributed by atoms with E-state index in [1.54, 1.807) is 6.07 Å². The summed E-state index contributed by atoms with van der Waals surface area (Å²) in [6.07, 6.45) is 5.78. The molecular formula is C16H21FN4O2. The third-order valence-corrected chi connectivity index (χ3v) is 4.27. The van der Waals surface area contributed by atoms with Gasteiger partial charge in [0, 0.05) is 24.4 Å². The quantitative estimate of drug-likeness (QED) is 0.850. The fourth-order valence-electron chi connectivity index (χ4n) is 3.04. The van der Waals surface area contributed by atoms with E-state index in [0.29, 0.717) is 23.5 Å². The van der Waals surface area contributed by atoms with Gasteiger partial charge in [0.05, 0.1) is 12.8 Å². The summed E-state index contributed by atoms with van der Waals surface area (Å²) in [5, 5.41) is 20.5. The molecule has 124 valence electrons. The first-order valence-corrected chi connectivity index (χ1v) is 8.01. The van der Waals surface area contributed by atoms with Gasteiger partial charge in [-0.1, -0.05) is 6.92 Å². The number of aliphatic hydroxyl groups excluding tert-OH is 1. The third-order valence-electron chi connectivity index (χ3n) is 4.27. The number of hydrogen-bond acceptors (Lipinski definition) is 6. The SMILES string of the molecule is CCc1nnc(C[C@@H]2CC[C@H](Nc3cc(CO)c(F)cn3)C2)o1. The molecule has 2 aromatic heterocycles. The normalized spacial score (nSPS) is 20.8. The Balaban J connectivity index is 1.55. The Morgan fingerprint density at radius 1 is 1.35 bits per heavy atom. The van der Waals surface area contributed by atoms with Gasteiger partial charge in [0.15, 0.2) is 0 Å². The molecule has 1 saturated carbocycles. The van der Waals surface area contributed by atoms with E-state index < -0.39 is 5.82 Å². The van der Waals surface area contributed by atoms with Crippen LogP contribution in [-0.2, 0) is 19.4 Å². The van der Waals surface area contributed by atoms with E-state index in [4.69, 9.17) is 9.52 Å². The molecule has 0 saturated heterocycles. The van der Waals surface area contributed by atoms with E-state index in [0.717, 1.165) is 38.3 Å². The van der Waals surface area contributed by atoms with Gasteiger partial charge in [-0.3, -0.25) is 0 Å². The van der Waals surface area contributed by atoms with Gasteiger partial charge in [0.2, 0.25) is 11.8 Å². The molecule has 3 rings (SSSR count). The maximum absolute atomic E-state index is 13.3. The number of nitrogens with one attached hydrogen (secondary N) is 1. The molecule has 0 spiro atoms. The minimum absolute atomic E-state index is 0.259. The summed E-state index contributed by atoms with van der Waals surface area (Å²) in [6, 6.07) is 1.85. The largest absolute Gasteiger partial charge is 0.425 e. The molecule has 6 nitrogen and oxygen atoms in total. The molecule has 0 unspecified atom stereocenters. The van der Waals surface area contributed by atoms with Crippen LogP contribution in [0.25, 0.3) is 0 Å². The van der Waals surface area contributed by atoms with Crippen LogP contribution >= 0.6 is 0 Å². The lowest BCUT2D eigenvalue weighted by molar-refractivity contribution is 0.275. The second-order valence-electron chi connectivity index (χ2n) is 5.99. The van der Waals surface area contributed by atoms with Crippen LogP contribution in [0, 0.1) is 11.7 Å². The molecule has 2 N–H and O–H groups in total. The molecule has 7 heteroatoms. The van der Waals surface area contributed by atoms with E-state index in [2.05, 4.69) is 20.5 Å². The van der Waals surface area contributed by atoms with E-state index >= 15 is 0 Å². The van der Waals surface area contributed by atoms with Crippen LogP contribution in [0.15, 0.2) is 16.7 Å². The average molecular weight is 320 g/mol. The summed E-state index contributed by atoms with van der Waals surface area (Å²) in [5.41, 5.74) is 0.259. The number of nitrogens with zero attached hydrogens (tertiary/aromatic N) is 3. The van der Waals surface area contributed by atoms with Gasteiger partial charge in [-0.25, -0.2) is 9.37 Å². The van der Waals surface area contributed by atoms with Crippen molar-refractivity contribution in [1.29, 1.82) is 0 Å². The van der Waals surface area contributed by atoms with E-state index in [-0.39, 0.29) is 18.2 Å². The summed E-state index contributed by atoms with van der Waals surface area (Å²) in [7, 11) is 0. The fraction of sp³-hybridized carbons (Fsp3) is 0.562. The van der Waals surface area contributed by atoms with Gasteiger partial charge >= 0.3 is 0 Å². The van der Waals surface area contributed by atoms with Crippen LogP contribution in [0.1, 0.15) is 43.5 Å². The molecule has 23 heavy (non-hydrogen) atoms. The molecule has 1 aliphatic rings. The number of aliphatic hydroxyl groups is 1. The smallest absolute Gasteiger partial charge is 0.216 e. The predicted octanol–water partition coefficient (Wildman–Crippen LogP) is 2.48. The summed E-state index contributed by atoms with van der Waals surface area (Å²) >= 11 is 0. The summed E-state index contributed by atoms with van der Waals surface area (Å²) < 4.78 is 18.9. The first kappa shape index (κ1) is 15.9. The van der Waals surface area contributed by atoms with Crippen molar-refractivity contribution in [3.63, 3.8) is 0 Å². The Kier molecular flexibility index (Phi) is 4.85. The Morgan fingerprint density at radius 2 is 2.17 bits per heavy atom. The van der Waals surface area contributed by atoms with Crippen molar-refractivity contribution in [2.75, 3.05) is 5.32 Å². The van der Waals surface area contributed by atoms with Crippen molar-refractivity contribution in [1.82, 2.24) is 15.2 Å². The van der Waals surface area contributed by atoms with Gasteiger partial charge in [-0.15, -0.1) is 10.2 Å². The molecular weight excluding hydrogens is 299 g/mol. The Labute approximate surface area is 134 Å². The number of halogens is 1. The van der Waals surface area contributed by atoms with Crippen LogP contribution in [0.4, 0.5) is 10.2 Å². The number of hydrogen-bond donors (Lipinski definition) is 2. The standard InChI is InChI=1S/C16H21FN4O2/c1-2-15-20-21-16(23-15)6-10-3-4-12(5-10)19-14-7-11(9-22)13(17)8-18-14/h7-8,10,12,22H,2-6,9H2,1H3,(H,18,19)/t10-,12+/m1/s1. The van der Waals surface area contributed by atoms with Crippen LogP contribution in [0.2, 0.25) is 0 Å². The van der Waals surface area contributed by atoms with Crippen LogP contribution in [-0.4, -0.2) is 26.3 Å². The van der Waals surface area contributed by atoms with Crippen LogP contribution in [0.3, 0.4) is 0 Å². The zero-order valence-electron chi connectivity index (χ0n) is 13.1. The number of pyridine rings is 1. The molecule has 0 amide bonds. The zero-order chi connectivity index (χ0) is 16.2. The number of aryl methyl sites for hydroxylation is 1. The fourth-order valence-corrected chi connectivity index (χ4v) is 3.04. The highest BCUT2D eigenvalue weighted by Crippen LogP contribution is 2.30. The topological polar surface area (TPSA) is 84.1 Å². The first-order chi connectivity index (χ1) is 11.2. The monoisotopic (exact) mass is 320 g/mol. The van der Waals surface area contributed by atoms with Crippen molar-refractivity contribution in [2.45, 2.75) is 51.7 Å². The van der Waals surface area contributed by atoms with Gasteiger partial charge in [-0.2, -0.15) is 0 Å². The minimum atomic E-state index is -0.481. The number of aromatic nitrogens is 3. The highest BCUT2D eigenvalue weighted by molar-refractivity contribution is 5.39. The van der Waals surface area contributed by atoms with E-state index in [9.17, 15) is 4.39 Å². The summed E-state index contributed by atoms with van der Waals surface area (Å²) in [5.74, 6) is 2.00. The lowest BCUT2D eigenvalue weighted by atomic mass is 10.0. The second kappa shape index (κ2) is 7.04. The summed E-state index contributed by atoms with van der Waals surface area (Å²) in [4.78, 5) is 4.04. The maximum atomic E-state index is 13.3. The molecule has 2 heterocycles. The van der Waals surface area contributed by atoms with Crippen molar-refractivity contribution >= 4 is 5.82 Å². The molecule has 0 aliphatic heterocycles. The van der Waals surface area contributed by atoms with Crippen molar-refractivity contribution in [3.8, 4) is 0 Å². The number of rotatable bonds is 6. The first-order valence-electron chi connectivity index (χ1n) is 8.01. The van der Waals surface area contributed by atoms with Crippen LogP contribution < -0.4 is 5.32 Å². The summed E-state index contributed by atoms with van der Waals surface area (Å²) in [6.45, 7) is 1.66. The highest BCUT2D eigenvalue weighted by Gasteiger charge is 2.26. The Bertz CT molecular complexity index is 661. The van der Waals surface area contributed by atoms with E-state index in [1.165, 1.54) is 0 Å². The lowest BCUT2D eigenvalue weighted by Gasteiger charge is -2.14. The minimum Gasteiger partial charge on any atom is -0.425 e. The van der Waals surface area contributed by atoms with Crippen molar-refractivity contribution < 1.29 is 13.9 Å². The van der Waals surface area contributed by atoms with E-state index in [1.807, 2.05) is 6.92 Å². The Morgan fingerprint density at radius 3 is 2.91 bits per heavy atom. The average Bonchev–Trinajstić information content (AvgIpc) is 3.19. The molecule has 0 aromatic carbocycles. The molecule has 2 atom stereocenters. The maximum Gasteiger partial charge on any atom is 0.216 e. The molecule has 1 fully saturated rings. The molecule has 2 aromatic rings. The zero-order valence-corrected chi connectivity index (χ0v) is 13.1. The predicted molar refractivity (Wildman–Crippen MR) is 82.2 cm³/mol.